The Labute approximate surface area is 90.1 Å². The van der Waals surface area contributed by atoms with Gasteiger partial charge in [-0.1, -0.05) is 19.1 Å². The number of hydrogen-bond donors (Lipinski definition) is 1. The normalized spacial score (nSPS) is 10.6. The van der Waals surface area contributed by atoms with Gasteiger partial charge >= 0.3 is 18.9 Å². The molecule has 0 aliphatic carbocycles. The summed E-state index contributed by atoms with van der Waals surface area (Å²) in [6.07, 6.45) is 0.753. The Morgan fingerprint density at radius 1 is 1.38 bits per heavy atom. The zero-order chi connectivity index (χ0) is 9.19. The minimum absolute atomic E-state index is 0. The molecule has 0 aliphatic heterocycles. The average Bonchev–Trinajstić information content (AvgIpc) is 2.03. The molecule has 0 fully saturated rings. The van der Waals surface area contributed by atoms with E-state index in [4.69, 9.17) is 4.55 Å². The summed E-state index contributed by atoms with van der Waals surface area (Å²) in [6.45, 7) is 1.92. The first kappa shape index (κ1) is 12.7. The second-order valence-corrected chi connectivity index (χ2v) is 3.90. The second-order valence-electron chi connectivity index (χ2n) is 2.48. The summed E-state index contributed by atoms with van der Waals surface area (Å²) >= 11 is 0. The number of rotatable bonds is 2. The Balaban J connectivity index is 0.00000144. The fourth-order valence-electron chi connectivity index (χ4n) is 0.926. The first-order valence-corrected chi connectivity index (χ1v) is 5.04. The van der Waals surface area contributed by atoms with Crippen LogP contribution in [-0.2, 0) is 16.5 Å². The van der Waals surface area contributed by atoms with Gasteiger partial charge in [0.2, 0.25) is 0 Å². The summed E-state index contributed by atoms with van der Waals surface area (Å²) in [5, 5.41) is 0. The van der Waals surface area contributed by atoms with Crippen molar-refractivity contribution < 1.29 is 13.0 Å². The Morgan fingerprint density at radius 2 is 2.00 bits per heavy atom. The standard InChI is InChI=1S/C8H10O3S.Li.H/c1-2-7-4-3-5-8(6-7)12(9,10)11;;/h3-6H,2H2,1H3,(H,9,10,11);;. The summed E-state index contributed by atoms with van der Waals surface area (Å²) in [7, 11) is -4.04. The molecule has 0 saturated heterocycles. The van der Waals surface area contributed by atoms with Gasteiger partial charge in [0.05, 0.1) is 4.90 Å². The molecule has 0 heterocycles. The molecule has 0 amide bonds. The Morgan fingerprint density at radius 3 is 2.46 bits per heavy atom. The van der Waals surface area contributed by atoms with Crippen LogP contribution in [0.25, 0.3) is 0 Å². The van der Waals surface area contributed by atoms with Crippen molar-refractivity contribution in [3.05, 3.63) is 29.8 Å². The van der Waals surface area contributed by atoms with Crippen LogP contribution in [0, 0.1) is 0 Å². The van der Waals surface area contributed by atoms with Gasteiger partial charge in [-0.15, -0.1) is 0 Å². The predicted octanol–water partition coefficient (Wildman–Crippen LogP) is 0.847. The molecule has 0 bridgehead atoms. The zero-order valence-corrected chi connectivity index (χ0v) is 7.50. The van der Waals surface area contributed by atoms with Crippen molar-refractivity contribution in [2.75, 3.05) is 0 Å². The van der Waals surface area contributed by atoms with Crippen LogP contribution in [0.5, 0.6) is 0 Å². The van der Waals surface area contributed by atoms with Gasteiger partial charge in [-0.05, 0) is 24.1 Å². The fourth-order valence-corrected chi connectivity index (χ4v) is 1.48. The molecule has 5 heteroatoms. The second kappa shape index (κ2) is 4.82. The first-order chi connectivity index (χ1) is 5.54. The third-order valence-corrected chi connectivity index (χ3v) is 2.45. The van der Waals surface area contributed by atoms with E-state index in [0.717, 1.165) is 12.0 Å². The van der Waals surface area contributed by atoms with Gasteiger partial charge in [-0.25, -0.2) is 0 Å². The fraction of sp³-hybridized carbons (Fsp3) is 0.250. The van der Waals surface area contributed by atoms with Gasteiger partial charge in [0.25, 0.3) is 10.1 Å². The molecule has 1 aromatic carbocycles. The SMILES string of the molecule is CCc1cccc(S(=O)(=O)O)c1.[LiH]. The zero-order valence-electron chi connectivity index (χ0n) is 6.69. The van der Waals surface area contributed by atoms with E-state index in [9.17, 15) is 8.42 Å². The molecule has 1 rings (SSSR count). The molecule has 0 radical (unpaired) electrons. The van der Waals surface area contributed by atoms with E-state index < -0.39 is 10.1 Å². The molecule has 0 saturated carbocycles. The molecule has 0 spiro atoms. The van der Waals surface area contributed by atoms with E-state index in [1.807, 2.05) is 13.0 Å². The molecule has 0 unspecified atom stereocenters. The topological polar surface area (TPSA) is 54.4 Å². The van der Waals surface area contributed by atoms with Gasteiger partial charge in [-0.2, -0.15) is 8.42 Å². The van der Waals surface area contributed by atoms with Crippen molar-refractivity contribution in [1.29, 1.82) is 0 Å². The van der Waals surface area contributed by atoms with Crippen molar-refractivity contribution >= 4 is 29.0 Å². The molecular weight excluding hydrogens is 183 g/mol. The van der Waals surface area contributed by atoms with Crippen LogP contribution in [-0.4, -0.2) is 31.8 Å². The van der Waals surface area contributed by atoms with E-state index >= 15 is 0 Å². The third-order valence-electron chi connectivity index (χ3n) is 1.60. The van der Waals surface area contributed by atoms with E-state index in [2.05, 4.69) is 0 Å². The van der Waals surface area contributed by atoms with Crippen LogP contribution in [0.3, 0.4) is 0 Å². The summed E-state index contributed by atoms with van der Waals surface area (Å²) in [4.78, 5) is -0.0400. The quantitative estimate of drug-likeness (QED) is 0.560. The molecule has 1 N–H and O–H groups in total. The summed E-state index contributed by atoms with van der Waals surface area (Å²) in [5.41, 5.74) is 0.894. The van der Waals surface area contributed by atoms with Gasteiger partial charge in [0.15, 0.2) is 0 Å². The molecular formula is C8H11LiO3S. The van der Waals surface area contributed by atoms with Crippen LogP contribution in [0.4, 0.5) is 0 Å². The van der Waals surface area contributed by atoms with Crippen molar-refractivity contribution in [1.82, 2.24) is 0 Å². The van der Waals surface area contributed by atoms with Crippen molar-refractivity contribution in [3.8, 4) is 0 Å². The van der Waals surface area contributed by atoms with Crippen LogP contribution in [0.1, 0.15) is 12.5 Å². The Kier molecular flexibility index (Phi) is 4.72. The van der Waals surface area contributed by atoms with Gasteiger partial charge in [0, 0.05) is 0 Å². The average molecular weight is 194 g/mol. The van der Waals surface area contributed by atoms with Gasteiger partial charge < -0.3 is 0 Å². The van der Waals surface area contributed by atoms with Crippen LogP contribution in [0.2, 0.25) is 0 Å². The van der Waals surface area contributed by atoms with Gasteiger partial charge in [-0.3, -0.25) is 4.55 Å². The molecule has 0 aromatic heterocycles. The van der Waals surface area contributed by atoms with E-state index in [0.29, 0.717) is 0 Å². The van der Waals surface area contributed by atoms with E-state index in [1.165, 1.54) is 12.1 Å². The minimum atomic E-state index is -4.04. The van der Waals surface area contributed by atoms with Crippen molar-refractivity contribution in [2.24, 2.45) is 0 Å². The summed E-state index contributed by atoms with van der Waals surface area (Å²) in [6, 6.07) is 6.26. The van der Waals surface area contributed by atoms with Crippen LogP contribution in [0.15, 0.2) is 29.2 Å². The first-order valence-electron chi connectivity index (χ1n) is 3.60. The molecule has 68 valence electrons. The number of benzene rings is 1. The molecule has 1 aromatic rings. The molecule has 0 aliphatic rings. The third kappa shape index (κ3) is 3.53. The van der Waals surface area contributed by atoms with Crippen LogP contribution >= 0.6 is 0 Å². The number of hydrogen-bond acceptors (Lipinski definition) is 2. The maximum atomic E-state index is 10.7. The Hall–Kier alpha value is -0.273. The maximum absolute atomic E-state index is 10.7. The molecule has 13 heavy (non-hydrogen) atoms. The predicted molar refractivity (Wildman–Crippen MR) is 52.8 cm³/mol. The Bertz CT molecular complexity index is 373. The number of aryl methyl sites for hydroxylation is 1. The molecule has 3 nitrogen and oxygen atoms in total. The van der Waals surface area contributed by atoms with E-state index in [1.54, 1.807) is 6.07 Å². The summed E-state index contributed by atoms with van der Waals surface area (Å²) in [5.74, 6) is 0. The van der Waals surface area contributed by atoms with Crippen molar-refractivity contribution in [3.63, 3.8) is 0 Å². The van der Waals surface area contributed by atoms with Crippen molar-refractivity contribution in [2.45, 2.75) is 18.2 Å². The monoisotopic (exact) mass is 194 g/mol. The van der Waals surface area contributed by atoms with Crippen LogP contribution < -0.4 is 0 Å². The summed E-state index contributed by atoms with van der Waals surface area (Å²) < 4.78 is 30.0. The molecule has 0 atom stereocenters. The van der Waals surface area contributed by atoms with Gasteiger partial charge in [0.1, 0.15) is 0 Å². The van der Waals surface area contributed by atoms with E-state index in [-0.39, 0.29) is 23.8 Å².